The minimum Gasteiger partial charge on any atom is -0.310 e. The number of hydrogen-bond acceptors (Lipinski definition) is 3. The van der Waals surface area contributed by atoms with Gasteiger partial charge >= 0.3 is 0 Å². The van der Waals surface area contributed by atoms with E-state index in [1.165, 1.54) is 72.0 Å². The maximum absolute atomic E-state index is 2.56. The van der Waals surface area contributed by atoms with Gasteiger partial charge in [0.15, 0.2) is 0 Å². The van der Waals surface area contributed by atoms with Gasteiger partial charge in [0.25, 0.3) is 0 Å². The molecule has 0 spiro atoms. The summed E-state index contributed by atoms with van der Waals surface area (Å²) in [6, 6.07) is 82.6. The maximum atomic E-state index is 2.56. The highest BCUT2D eigenvalue weighted by Gasteiger charge is 2.46. The van der Waals surface area contributed by atoms with Crippen molar-refractivity contribution in [2.75, 3.05) is 14.7 Å². The zero-order chi connectivity index (χ0) is 43.9. The fraction of sp³-hybridized carbons (Fsp3) is 0.0968. The second kappa shape index (κ2) is 14.9. The van der Waals surface area contributed by atoms with Gasteiger partial charge in [0.2, 0.25) is 0 Å². The van der Waals surface area contributed by atoms with Gasteiger partial charge < -0.3 is 14.7 Å². The van der Waals surface area contributed by atoms with E-state index in [4.69, 9.17) is 0 Å². The van der Waals surface area contributed by atoms with Gasteiger partial charge in [0.05, 0.1) is 17.1 Å². The molecule has 0 radical (unpaired) electrons. The number of nitrogens with zero attached hydrogens (tertiary/aromatic N) is 3. The molecule has 2 aliphatic heterocycles. The number of para-hydroxylation sites is 3. The summed E-state index contributed by atoms with van der Waals surface area (Å²) >= 11 is 0. The zero-order valence-electron chi connectivity index (χ0n) is 37.2. The molecule has 0 aromatic heterocycles. The van der Waals surface area contributed by atoms with Gasteiger partial charge in [-0.2, -0.15) is 0 Å². The van der Waals surface area contributed by atoms with E-state index >= 15 is 0 Å². The highest BCUT2D eigenvalue weighted by Crippen LogP contribution is 2.61. The maximum Gasteiger partial charge on any atom is 0.0545 e. The largest absolute Gasteiger partial charge is 0.310 e. The third kappa shape index (κ3) is 6.25. The van der Waals surface area contributed by atoms with E-state index in [0.29, 0.717) is 0 Å². The van der Waals surface area contributed by atoms with E-state index in [-0.39, 0.29) is 10.8 Å². The molecule has 3 heteroatoms. The summed E-state index contributed by atoms with van der Waals surface area (Å²) in [6.07, 6.45) is 0. The molecule has 3 nitrogen and oxygen atoms in total. The molecule has 10 aromatic carbocycles. The van der Waals surface area contributed by atoms with Crippen molar-refractivity contribution in [1.29, 1.82) is 0 Å². The molecule has 65 heavy (non-hydrogen) atoms. The van der Waals surface area contributed by atoms with Gasteiger partial charge in [0.1, 0.15) is 0 Å². The first kappa shape index (κ1) is 38.8. The lowest BCUT2D eigenvalue weighted by molar-refractivity contribution is 0.597. The van der Waals surface area contributed by atoms with Crippen LogP contribution in [0.15, 0.2) is 224 Å². The van der Waals surface area contributed by atoms with Crippen molar-refractivity contribution in [3.8, 4) is 11.1 Å². The first-order chi connectivity index (χ1) is 31.7. The van der Waals surface area contributed by atoms with Crippen molar-refractivity contribution in [2.45, 2.75) is 38.5 Å². The van der Waals surface area contributed by atoms with E-state index in [2.05, 4.69) is 267 Å². The summed E-state index contributed by atoms with van der Waals surface area (Å²) in [4.78, 5) is 7.36. The van der Waals surface area contributed by atoms with Crippen molar-refractivity contribution in [2.24, 2.45) is 0 Å². The van der Waals surface area contributed by atoms with Crippen LogP contribution in [0.4, 0.5) is 51.2 Å². The summed E-state index contributed by atoms with van der Waals surface area (Å²) in [5.41, 5.74) is 17.7. The van der Waals surface area contributed by atoms with Crippen LogP contribution in [0.5, 0.6) is 0 Å². The molecule has 0 fully saturated rings. The summed E-state index contributed by atoms with van der Waals surface area (Å²) in [5, 5.41) is 4.91. The van der Waals surface area contributed by atoms with E-state index in [1.807, 2.05) is 0 Å². The van der Waals surface area contributed by atoms with E-state index in [9.17, 15) is 0 Å². The van der Waals surface area contributed by atoms with Crippen LogP contribution in [-0.4, -0.2) is 0 Å². The zero-order valence-corrected chi connectivity index (χ0v) is 37.2. The summed E-state index contributed by atoms with van der Waals surface area (Å²) in [5.74, 6) is 0. The molecule has 10 aromatic rings. The highest BCUT2D eigenvalue weighted by atomic mass is 15.2. The second-order valence-electron chi connectivity index (χ2n) is 18.7. The summed E-state index contributed by atoms with van der Waals surface area (Å²) < 4.78 is 0. The first-order valence-electron chi connectivity index (χ1n) is 22.8. The monoisotopic (exact) mass is 835 g/mol. The Kier molecular flexibility index (Phi) is 8.86. The van der Waals surface area contributed by atoms with Crippen molar-refractivity contribution in [3.63, 3.8) is 0 Å². The van der Waals surface area contributed by atoms with Gasteiger partial charge in [-0.3, -0.25) is 0 Å². The lowest BCUT2D eigenvalue weighted by Gasteiger charge is -2.50. The molecule has 2 aliphatic rings. The lowest BCUT2D eigenvalue weighted by atomic mass is 9.66. The molecule has 0 saturated heterocycles. The van der Waals surface area contributed by atoms with Crippen LogP contribution in [0.3, 0.4) is 0 Å². The second-order valence-corrected chi connectivity index (χ2v) is 18.7. The molecule has 0 atom stereocenters. The van der Waals surface area contributed by atoms with Crippen molar-refractivity contribution in [1.82, 2.24) is 0 Å². The van der Waals surface area contributed by atoms with Gasteiger partial charge in [-0.05, 0) is 146 Å². The minimum atomic E-state index is -0.327. The Morgan fingerprint density at radius 1 is 0.292 bits per heavy atom. The Bertz CT molecular complexity index is 3320. The molecule has 0 bridgehead atoms. The molecule has 0 amide bonds. The number of rotatable bonds is 7. The standard InChI is InChI=1S/C62H49N3/c1-61(2)54-25-15-16-26-58(54)65-59-36-31-47(39-55(59)62(3,4)57-41-53(40-56(61)60(57)65)63(48-21-7-5-8-22-48)49-23-9-6-10-24-49)44-27-32-50(33-28-44)64(51-34-29-42-17-11-13-19-45(42)37-51)52-35-30-43-18-12-14-20-46(43)38-52/h5-41H,1-4H3. The summed E-state index contributed by atoms with van der Waals surface area (Å²) in [6.45, 7) is 9.63. The summed E-state index contributed by atoms with van der Waals surface area (Å²) in [7, 11) is 0. The van der Waals surface area contributed by atoms with Gasteiger partial charge in [-0.1, -0.05) is 161 Å². The Morgan fingerprint density at radius 3 is 1.31 bits per heavy atom. The molecule has 12 rings (SSSR count). The normalized spacial score (nSPS) is 14.1. The van der Waals surface area contributed by atoms with Gasteiger partial charge in [0, 0.05) is 45.0 Å². The van der Waals surface area contributed by atoms with Crippen molar-refractivity contribution >= 4 is 72.7 Å². The topological polar surface area (TPSA) is 9.72 Å². The third-order valence-corrected chi connectivity index (χ3v) is 14.1. The first-order valence-corrected chi connectivity index (χ1v) is 22.8. The van der Waals surface area contributed by atoms with Crippen LogP contribution in [0.1, 0.15) is 49.9 Å². The Hall–Kier alpha value is -7.88. The van der Waals surface area contributed by atoms with Crippen LogP contribution >= 0.6 is 0 Å². The number of anilines is 9. The van der Waals surface area contributed by atoms with E-state index in [1.54, 1.807) is 0 Å². The smallest absolute Gasteiger partial charge is 0.0545 e. The van der Waals surface area contributed by atoms with E-state index in [0.717, 1.165) is 34.1 Å². The van der Waals surface area contributed by atoms with Crippen LogP contribution in [0.2, 0.25) is 0 Å². The number of fused-ring (bicyclic) bond motifs is 6. The molecular weight excluding hydrogens is 787 g/mol. The van der Waals surface area contributed by atoms with Crippen LogP contribution in [-0.2, 0) is 10.8 Å². The molecule has 0 aliphatic carbocycles. The fourth-order valence-electron chi connectivity index (χ4n) is 10.7. The molecule has 0 saturated carbocycles. The van der Waals surface area contributed by atoms with Gasteiger partial charge in [-0.25, -0.2) is 0 Å². The number of hydrogen-bond donors (Lipinski definition) is 0. The fourth-order valence-corrected chi connectivity index (χ4v) is 10.7. The number of benzene rings is 10. The molecule has 2 heterocycles. The molecular formula is C62H49N3. The molecule has 0 unspecified atom stereocenters. The quantitative estimate of drug-likeness (QED) is 0.158. The Labute approximate surface area is 382 Å². The van der Waals surface area contributed by atoms with Crippen LogP contribution in [0.25, 0.3) is 32.7 Å². The average molecular weight is 836 g/mol. The van der Waals surface area contributed by atoms with Crippen molar-refractivity contribution in [3.05, 3.63) is 247 Å². The van der Waals surface area contributed by atoms with Gasteiger partial charge in [-0.15, -0.1) is 0 Å². The molecule has 0 N–H and O–H groups in total. The van der Waals surface area contributed by atoms with Crippen molar-refractivity contribution < 1.29 is 0 Å². The predicted octanol–water partition coefficient (Wildman–Crippen LogP) is 17.3. The predicted molar refractivity (Wildman–Crippen MR) is 275 cm³/mol. The average Bonchev–Trinajstić information content (AvgIpc) is 3.35. The van der Waals surface area contributed by atoms with E-state index < -0.39 is 0 Å². The van der Waals surface area contributed by atoms with Crippen LogP contribution < -0.4 is 14.7 Å². The highest BCUT2D eigenvalue weighted by molar-refractivity contribution is 5.97. The Balaban J connectivity index is 0.998. The lowest BCUT2D eigenvalue weighted by Crippen LogP contribution is -2.38. The third-order valence-electron chi connectivity index (χ3n) is 14.1. The van der Waals surface area contributed by atoms with Crippen LogP contribution in [0, 0.1) is 0 Å². The molecule has 312 valence electrons. The SMILES string of the molecule is CC1(C)c2ccccc2N2c3ccc(-c4ccc(N(c5ccc6ccccc6c5)c5ccc6ccccc6c5)cc4)cc3C(C)(C)c3cc(N(c4ccccc4)c4ccccc4)cc1c32. The minimum absolute atomic E-state index is 0.241. The Morgan fingerprint density at radius 2 is 0.723 bits per heavy atom.